The van der Waals surface area contributed by atoms with Gasteiger partial charge in [-0.25, -0.2) is 4.98 Å². The van der Waals surface area contributed by atoms with E-state index in [1.807, 2.05) is 39.8 Å². The molecule has 0 saturated carbocycles. The molecule has 0 aliphatic carbocycles. The molecule has 0 unspecified atom stereocenters. The number of anilines is 1. The summed E-state index contributed by atoms with van der Waals surface area (Å²) in [5.41, 5.74) is 7.22. The van der Waals surface area contributed by atoms with Crippen LogP contribution in [0.5, 0.6) is 0 Å². The summed E-state index contributed by atoms with van der Waals surface area (Å²) in [6.45, 7) is 8.65. The number of aryl methyl sites for hydroxylation is 1. The molecule has 0 radical (unpaired) electrons. The van der Waals surface area contributed by atoms with Crippen molar-refractivity contribution in [2.24, 2.45) is 0 Å². The molecule has 0 aliphatic rings. The van der Waals surface area contributed by atoms with E-state index in [1.165, 1.54) is 4.88 Å². The lowest BCUT2D eigenvalue weighted by Crippen LogP contribution is -2.36. The van der Waals surface area contributed by atoms with E-state index in [-0.39, 0.29) is 11.9 Å². The molecule has 0 aromatic carbocycles. The SMILES string of the molecule is CCN(C(=O)c1cc(N)n2nc(-c3ccc(C)s3)nc2c1)C(C)C. The molecule has 0 spiro atoms. The van der Waals surface area contributed by atoms with Gasteiger partial charge in [-0.05, 0) is 52.0 Å². The smallest absolute Gasteiger partial charge is 0.254 e. The Morgan fingerprint density at radius 1 is 1.38 bits per heavy atom. The molecule has 0 fully saturated rings. The zero-order valence-corrected chi connectivity index (χ0v) is 15.1. The molecule has 0 bridgehead atoms. The molecule has 3 aromatic rings. The maximum Gasteiger partial charge on any atom is 0.254 e. The van der Waals surface area contributed by atoms with Crippen LogP contribution in [0.4, 0.5) is 5.82 Å². The first kappa shape index (κ1) is 16.4. The number of pyridine rings is 1. The predicted octanol–water partition coefficient (Wildman–Crippen LogP) is 3.22. The van der Waals surface area contributed by atoms with Crippen LogP contribution in [0.25, 0.3) is 16.3 Å². The highest BCUT2D eigenvalue weighted by Crippen LogP contribution is 2.26. The van der Waals surface area contributed by atoms with Crippen molar-refractivity contribution >= 4 is 28.7 Å². The standard InChI is InChI=1S/C17H21N5OS/c1-5-21(10(2)3)17(23)12-8-14(18)22-15(9-12)19-16(20-22)13-7-6-11(4)24-13/h6-10H,5,18H2,1-4H3. The van der Waals surface area contributed by atoms with E-state index >= 15 is 0 Å². The highest BCUT2D eigenvalue weighted by Gasteiger charge is 2.19. The molecule has 3 heterocycles. The monoisotopic (exact) mass is 343 g/mol. The number of aromatic nitrogens is 3. The fraction of sp³-hybridized carbons (Fsp3) is 0.353. The van der Waals surface area contributed by atoms with Crippen molar-refractivity contribution in [2.75, 3.05) is 12.3 Å². The number of thiophene rings is 1. The molecule has 24 heavy (non-hydrogen) atoms. The Balaban J connectivity index is 2.05. The summed E-state index contributed by atoms with van der Waals surface area (Å²) in [6, 6.07) is 7.57. The second-order valence-electron chi connectivity index (χ2n) is 5.97. The van der Waals surface area contributed by atoms with E-state index in [9.17, 15) is 4.79 Å². The Labute approximate surface area is 144 Å². The molecular formula is C17H21N5OS. The van der Waals surface area contributed by atoms with Gasteiger partial charge in [0.15, 0.2) is 11.5 Å². The van der Waals surface area contributed by atoms with Crippen LogP contribution >= 0.6 is 11.3 Å². The van der Waals surface area contributed by atoms with Crippen molar-refractivity contribution in [3.05, 3.63) is 34.7 Å². The predicted molar refractivity (Wildman–Crippen MR) is 97.3 cm³/mol. The van der Waals surface area contributed by atoms with E-state index in [0.29, 0.717) is 29.4 Å². The number of nitrogen functional groups attached to an aromatic ring is 1. The zero-order valence-electron chi connectivity index (χ0n) is 14.3. The van der Waals surface area contributed by atoms with Crippen molar-refractivity contribution in [1.82, 2.24) is 19.5 Å². The van der Waals surface area contributed by atoms with Crippen LogP contribution in [0.15, 0.2) is 24.3 Å². The molecular weight excluding hydrogens is 322 g/mol. The van der Waals surface area contributed by atoms with Crippen LogP contribution in [0, 0.1) is 6.92 Å². The fourth-order valence-corrected chi connectivity index (χ4v) is 3.50. The second-order valence-corrected chi connectivity index (χ2v) is 7.26. The first-order chi connectivity index (χ1) is 11.4. The summed E-state index contributed by atoms with van der Waals surface area (Å²) in [5.74, 6) is 0.988. The number of rotatable bonds is 4. The number of nitrogens with two attached hydrogens (primary N) is 1. The van der Waals surface area contributed by atoms with E-state index in [1.54, 1.807) is 32.9 Å². The van der Waals surface area contributed by atoms with E-state index in [2.05, 4.69) is 10.1 Å². The Hall–Kier alpha value is -2.41. The molecule has 3 aromatic heterocycles. The van der Waals surface area contributed by atoms with Gasteiger partial charge in [-0.2, -0.15) is 4.52 Å². The van der Waals surface area contributed by atoms with Gasteiger partial charge in [0.05, 0.1) is 4.88 Å². The third kappa shape index (κ3) is 2.87. The maximum absolute atomic E-state index is 12.7. The number of hydrogen-bond donors (Lipinski definition) is 1. The van der Waals surface area contributed by atoms with Gasteiger partial charge in [0.1, 0.15) is 5.82 Å². The van der Waals surface area contributed by atoms with Crippen LogP contribution < -0.4 is 5.73 Å². The molecule has 2 N–H and O–H groups in total. The second kappa shape index (κ2) is 6.24. The van der Waals surface area contributed by atoms with Gasteiger partial charge < -0.3 is 10.6 Å². The molecule has 0 saturated heterocycles. The summed E-state index contributed by atoms with van der Waals surface area (Å²) in [5, 5.41) is 4.46. The van der Waals surface area contributed by atoms with Crippen molar-refractivity contribution < 1.29 is 4.79 Å². The van der Waals surface area contributed by atoms with Crippen molar-refractivity contribution in [3.8, 4) is 10.7 Å². The Morgan fingerprint density at radius 2 is 2.12 bits per heavy atom. The van der Waals surface area contributed by atoms with Gasteiger partial charge in [0, 0.05) is 23.0 Å². The topological polar surface area (TPSA) is 76.5 Å². The molecule has 0 atom stereocenters. The number of fused-ring (bicyclic) bond motifs is 1. The van der Waals surface area contributed by atoms with Crippen molar-refractivity contribution in [1.29, 1.82) is 0 Å². The summed E-state index contributed by atoms with van der Waals surface area (Å²) < 4.78 is 1.58. The third-order valence-corrected chi connectivity index (χ3v) is 4.89. The number of nitrogens with zero attached hydrogens (tertiary/aromatic N) is 4. The van der Waals surface area contributed by atoms with Crippen molar-refractivity contribution in [2.45, 2.75) is 33.7 Å². The van der Waals surface area contributed by atoms with Crippen molar-refractivity contribution in [3.63, 3.8) is 0 Å². The van der Waals surface area contributed by atoms with Gasteiger partial charge in [-0.3, -0.25) is 4.79 Å². The lowest BCUT2D eigenvalue weighted by molar-refractivity contribution is 0.0717. The quantitative estimate of drug-likeness (QED) is 0.789. The number of amides is 1. The minimum absolute atomic E-state index is 0.0433. The fourth-order valence-electron chi connectivity index (χ4n) is 2.70. The normalized spacial score (nSPS) is 11.4. The van der Waals surface area contributed by atoms with Gasteiger partial charge in [-0.15, -0.1) is 16.4 Å². The van der Waals surface area contributed by atoms with Crippen LogP contribution in [-0.2, 0) is 0 Å². The molecule has 6 nitrogen and oxygen atoms in total. The third-order valence-electron chi connectivity index (χ3n) is 3.90. The van der Waals surface area contributed by atoms with E-state index in [0.717, 1.165) is 4.88 Å². The number of carbonyl (C=O) groups is 1. The molecule has 0 aliphatic heterocycles. The minimum atomic E-state index is -0.0433. The Bertz CT molecular complexity index is 896. The molecule has 7 heteroatoms. The largest absolute Gasteiger partial charge is 0.384 e. The van der Waals surface area contributed by atoms with Crippen LogP contribution in [-0.4, -0.2) is 38.0 Å². The first-order valence-corrected chi connectivity index (χ1v) is 8.76. The van der Waals surface area contributed by atoms with Gasteiger partial charge in [-0.1, -0.05) is 0 Å². The summed E-state index contributed by atoms with van der Waals surface area (Å²) in [6.07, 6.45) is 0. The molecule has 1 amide bonds. The number of hydrogen-bond acceptors (Lipinski definition) is 5. The average molecular weight is 343 g/mol. The highest BCUT2D eigenvalue weighted by atomic mass is 32.1. The van der Waals surface area contributed by atoms with Crippen LogP contribution in [0.3, 0.4) is 0 Å². The molecule has 126 valence electrons. The van der Waals surface area contributed by atoms with Gasteiger partial charge in [0.25, 0.3) is 5.91 Å². The Morgan fingerprint density at radius 3 is 2.71 bits per heavy atom. The lowest BCUT2D eigenvalue weighted by atomic mass is 10.2. The van der Waals surface area contributed by atoms with Gasteiger partial charge in [0.2, 0.25) is 0 Å². The van der Waals surface area contributed by atoms with Crippen LogP contribution in [0.2, 0.25) is 0 Å². The maximum atomic E-state index is 12.7. The first-order valence-electron chi connectivity index (χ1n) is 7.94. The summed E-state index contributed by atoms with van der Waals surface area (Å²) in [7, 11) is 0. The lowest BCUT2D eigenvalue weighted by Gasteiger charge is -2.25. The van der Waals surface area contributed by atoms with Gasteiger partial charge >= 0.3 is 0 Å². The number of carbonyl (C=O) groups excluding carboxylic acids is 1. The molecule has 3 rings (SSSR count). The summed E-state index contributed by atoms with van der Waals surface area (Å²) in [4.78, 5) is 21.2. The average Bonchev–Trinajstić information content (AvgIpc) is 3.13. The Kier molecular flexibility index (Phi) is 4.28. The summed E-state index contributed by atoms with van der Waals surface area (Å²) >= 11 is 1.63. The zero-order chi connectivity index (χ0) is 17.4. The van der Waals surface area contributed by atoms with Crippen LogP contribution in [0.1, 0.15) is 36.0 Å². The minimum Gasteiger partial charge on any atom is -0.384 e. The van der Waals surface area contributed by atoms with E-state index < -0.39 is 0 Å². The highest BCUT2D eigenvalue weighted by molar-refractivity contribution is 7.15. The van der Waals surface area contributed by atoms with E-state index in [4.69, 9.17) is 5.73 Å².